The lowest BCUT2D eigenvalue weighted by Crippen LogP contribution is -2.66. The Morgan fingerprint density at radius 3 is 2.84 bits per heavy atom. The number of rotatable bonds is 8. The fourth-order valence-corrected chi connectivity index (χ4v) is 3.63. The first-order chi connectivity index (χ1) is 12.2. The molecule has 0 aliphatic carbocycles. The normalized spacial score (nSPS) is 20.2. The second-order valence-corrected chi connectivity index (χ2v) is 6.46. The predicted octanol–water partition coefficient (Wildman–Crippen LogP) is 1.41. The highest BCUT2D eigenvalue weighted by atomic mass is 16.2. The van der Waals surface area contributed by atoms with Gasteiger partial charge in [-0.05, 0) is 32.6 Å². The van der Waals surface area contributed by atoms with Crippen LogP contribution in [0.15, 0.2) is 31.0 Å². The number of aromatic nitrogens is 4. The summed E-state index contributed by atoms with van der Waals surface area (Å²) < 4.78 is 2.13. The van der Waals surface area contributed by atoms with Gasteiger partial charge in [0, 0.05) is 51.1 Å². The largest absolute Gasteiger partial charge is 0.358 e. The number of likely N-dealkylation sites (tertiary alicyclic amines) is 1. The van der Waals surface area contributed by atoms with Gasteiger partial charge in [0.1, 0.15) is 11.4 Å². The van der Waals surface area contributed by atoms with Crippen LogP contribution in [0.25, 0.3) is 0 Å². The Kier molecular flexibility index (Phi) is 5.43. The molecule has 1 aliphatic heterocycles. The van der Waals surface area contributed by atoms with Gasteiger partial charge >= 0.3 is 0 Å². The van der Waals surface area contributed by atoms with E-state index in [1.54, 1.807) is 25.6 Å². The van der Waals surface area contributed by atoms with Crippen LogP contribution in [0.4, 0.5) is 0 Å². The molecule has 0 radical (unpaired) electrons. The zero-order valence-electron chi connectivity index (χ0n) is 15.0. The molecule has 1 atom stereocenters. The maximum atomic E-state index is 12.6. The molecule has 7 heteroatoms. The number of amides is 1. The summed E-state index contributed by atoms with van der Waals surface area (Å²) in [7, 11) is 1.72. The zero-order chi connectivity index (χ0) is 17.7. The second-order valence-electron chi connectivity index (χ2n) is 6.46. The van der Waals surface area contributed by atoms with Crippen LogP contribution in [0.5, 0.6) is 0 Å². The third kappa shape index (κ3) is 3.56. The second kappa shape index (κ2) is 7.74. The highest BCUT2D eigenvalue weighted by Gasteiger charge is 2.50. The molecule has 1 unspecified atom stereocenters. The quantitative estimate of drug-likeness (QED) is 0.785. The first-order valence-corrected chi connectivity index (χ1v) is 8.91. The fourth-order valence-electron chi connectivity index (χ4n) is 3.63. The predicted molar refractivity (Wildman–Crippen MR) is 94.7 cm³/mol. The third-order valence-corrected chi connectivity index (χ3v) is 5.16. The number of nitrogens with one attached hydrogen (secondary N) is 1. The molecule has 0 bridgehead atoms. The van der Waals surface area contributed by atoms with E-state index >= 15 is 0 Å². The Balaban J connectivity index is 1.67. The first-order valence-electron chi connectivity index (χ1n) is 8.91. The Bertz CT molecular complexity index is 701. The van der Waals surface area contributed by atoms with Gasteiger partial charge in [0.15, 0.2) is 0 Å². The molecule has 134 valence electrons. The van der Waals surface area contributed by atoms with Gasteiger partial charge in [-0.25, -0.2) is 4.98 Å². The van der Waals surface area contributed by atoms with E-state index < -0.39 is 5.54 Å². The van der Waals surface area contributed by atoms with E-state index in [9.17, 15) is 4.79 Å². The Morgan fingerprint density at radius 1 is 1.32 bits per heavy atom. The van der Waals surface area contributed by atoms with Crippen LogP contribution in [0.2, 0.25) is 0 Å². The van der Waals surface area contributed by atoms with Gasteiger partial charge in [-0.15, -0.1) is 0 Å². The molecule has 1 saturated heterocycles. The minimum absolute atomic E-state index is 0.104. The SMILES string of the molecule is CCn1ccnc1CN1CCC1(CCCc1cnccn1)C(=O)NC. The number of imidazole rings is 1. The van der Waals surface area contributed by atoms with E-state index in [4.69, 9.17) is 0 Å². The average Bonchev–Trinajstić information content (AvgIpc) is 3.10. The van der Waals surface area contributed by atoms with Crippen molar-refractivity contribution >= 4 is 5.91 Å². The Hall–Kier alpha value is -2.28. The first kappa shape index (κ1) is 17.5. The molecule has 1 N–H and O–H groups in total. The van der Waals surface area contributed by atoms with Crippen molar-refractivity contribution in [3.05, 3.63) is 42.5 Å². The van der Waals surface area contributed by atoms with E-state index in [1.165, 1.54) is 0 Å². The number of likely N-dealkylation sites (N-methyl/N-ethyl adjacent to an activating group) is 1. The molecule has 0 spiro atoms. The number of hydrogen-bond acceptors (Lipinski definition) is 5. The minimum atomic E-state index is -0.429. The highest BCUT2D eigenvalue weighted by molar-refractivity contribution is 5.87. The summed E-state index contributed by atoms with van der Waals surface area (Å²) in [5.74, 6) is 1.12. The van der Waals surface area contributed by atoms with Gasteiger partial charge < -0.3 is 9.88 Å². The van der Waals surface area contributed by atoms with E-state index in [0.717, 1.165) is 50.3 Å². The van der Waals surface area contributed by atoms with Gasteiger partial charge in [0.05, 0.1) is 12.2 Å². The maximum absolute atomic E-state index is 12.6. The number of carbonyl (C=O) groups excluding carboxylic acids is 1. The smallest absolute Gasteiger partial charge is 0.240 e. The Labute approximate surface area is 148 Å². The summed E-state index contributed by atoms with van der Waals surface area (Å²) in [5.41, 5.74) is 0.545. The topological polar surface area (TPSA) is 75.9 Å². The van der Waals surface area contributed by atoms with Crippen molar-refractivity contribution in [3.8, 4) is 0 Å². The van der Waals surface area contributed by atoms with Gasteiger partial charge in [-0.3, -0.25) is 19.7 Å². The van der Waals surface area contributed by atoms with Gasteiger partial charge in [-0.2, -0.15) is 0 Å². The van der Waals surface area contributed by atoms with Crippen LogP contribution in [0.1, 0.15) is 37.7 Å². The molecule has 0 aromatic carbocycles. The van der Waals surface area contributed by atoms with Crippen molar-refractivity contribution in [1.82, 2.24) is 29.7 Å². The summed E-state index contributed by atoms with van der Waals surface area (Å²) in [6.45, 7) is 4.63. The van der Waals surface area contributed by atoms with Gasteiger partial charge in [0.25, 0.3) is 0 Å². The molecule has 7 nitrogen and oxygen atoms in total. The van der Waals surface area contributed by atoms with Crippen LogP contribution < -0.4 is 5.32 Å². The number of carbonyl (C=O) groups is 1. The molecule has 3 rings (SSSR count). The zero-order valence-corrected chi connectivity index (χ0v) is 15.0. The molecule has 2 aromatic rings. The lowest BCUT2D eigenvalue weighted by molar-refractivity contribution is -0.144. The molecular formula is C18H26N6O. The van der Waals surface area contributed by atoms with Crippen LogP contribution in [-0.2, 0) is 24.3 Å². The summed E-state index contributed by atoms with van der Waals surface area (Å²) in [4.78, 5) is 27.8. The van der Waals surface area contributed by atoms with Crippen molar-refractivity contribution in [1.29, 1.82) is 0 Å². The highest BCUT2D eigenvalue weighted by Crippen LogP contribution is 2.37. The summed E-state index contributed by atoms with van der Waals surface area (Å²) in [6, 6.07) is 0. The summed E-state index contributed by atoms with van der Waals surface area (Å²) >= 11 is 0. The molecular weight excluding hydrogens is 316 g/mol. The fraction of sp³-hybridized carbons (Fsp3) is 0.556. The monoisotopic (exact) mass is 342 g/mol. The van der Waals surface area contributed by atoms with Crippen molar-refractivity contribution in [2.24, 2.45) is 0 Å². The van der Waals surface area contributed by atoms with E-state index in [0.29, 0.717) is 6.54 Å². The van der Waals surface area contributed by atoms with Crippen LogP contribution in [0.3, 0.4) is 0 Å². The molecule has 3 heterocycles. The van der Waals surface area contributed by atoms with Crippen molar-refractivity contribution in [2.75, 3.05) is 13.6 Å². The number of hydrogen-bond donors (Lipinski definition) is 1. The molecule has 1 fully saturated rings. The number of aryl methyl sites for hydroxylation is 2. The van der Waals surface area contributed by atoms with Crippen molar-refractivity contribution < 1.29 is 4.79 Å². The third-order valence-electron chi connectivity index (χ3n) is 5.16. The molecule has 1 amide bonds. The van der Waals surface area contributed by atoms with Crippen LogP contribution in [-0.4, -0.2) is 49.5 Å². The van der Waals surface area contributed by atoms with Gasteiger partial charge in [0.2, 0.25) is 5.91 Å². The van der Waals surface area contributed by atoms with Gasteiger partial charge in [-0.1, -0.05) is 0 Å². The minimum Gasteiger partial charge on any atom is -0.358 e. The lowest BCUT2D eigenvalue weighted by atomic mass is 9.79. The van der Waals surface area contributed by atoms with E-state index in [2.05, 4.69) is 36.7 Å². The van der Waals surface area contributed by atoms with E-state index in [-0.39, 0.29) is 5.91 Å². The molecule has 25 heavy (non-hydrogen) atoms. The van der Waals surface area contributed by atoms with Crippen LogP contribution >= 0.6 is 0 Å². The van der Waals surface area contributed by atoms with E-state index in [1.807, 2.05) is 12.4 Å². The average molecular weight is 342 g/mol. The standard InChI is InChI=1S/C18H26N6O/c1-3-23-12-10-22-16(23)14-24-11-7-18(24,17(25)19-2)6-4-5-15-13-20-8-9-21-15/h8-10,12-13H,3-7,11,14H2,1-2H3,(H,19,25). The lowest BCUT2D eigenvalue weighted by Gasteiger charge is -2.51. The number of nitrogens with zero attached hydrogens (tertiary/aromatic N) is 5. The van der Waals surface area contributed by atoms with Crippen molar-refractivity contribution in [3.63, 3.8) is 0 Å². The van der Waals surface area contributed by atoms with Crippen LogP contribution in [0, 0.1) is 0 Å². The molecule has 2 aromatic heterocycles. The summed E-state index contributed by atoms with van der Waals surface area (Å²) in [6.07, 6.45) is 12.5. The molecule has 0 saturated carbocycles. The van der Waals surface area contributed by atoms with Crippen molar-refractivity contribution in [2.45, 2.75) is 51.2 Å². The summed E-state index contributed by atoms with van der Waals surface area (Å²) in [5, 5.41) is 2.86. The Morgan fingerprint density at radius 2 is 2.20 bits per heavy atom. The maximum Gasteiger partial charge on any atom is 0.240 e. The molecule has 1 aliphatic rings.